The smallest absolute Gasteiger partial charge is 0.340 e. The average Bonchev–Trinajstić information content (AvgIpc) is 2.82. The van der Waals surface area contributed by atoms with Crippen LogP contribution in [-0.4, -0.2) is 23.5 Å². The van der Waals surface area contributed by atoms with Crippen molar-refractivity contribution in [3.8, 4) is 0 Å². The molecule has 1 aromatic heterocycles. The van der Waals surface area contributed by atoms with Gasteiger partial charge in [0.05, 0.1) is 18.2 Å². The largest absolute Gasteiger partial charge is 0.462 e. The average molecular weight is 350 g/mol. The zero-order valence-corrected chi connectivity index (χ0v) is 14.5. The molecule has 0 fully saturated rings. The van der Waals surface area contributed by atoms with Crippen LogP contribution in [0.5, 0.6) is 0 Å². The molecule has 0 spiro atoms. The van der Waals surface area contributed by atoms with E-state index < -0.39 is 29.6 Å². The van der Waals surface area contributed by atoms with Crippen molar-refractivity contribution >= 4 is 11.9 Å². The van der Waals surface area contributed by atoms with Gasteiger partial charge < -0.3 is 15.0 Å². The molecule has 0 radical (unpaired) electrons. The molecule has 1 heterocycles. The number of H-pyrrole nitrogens is 1. The van der Waals surface area contributed by atoms with Crippen LogP contribution in [0.15, 0.2) is 18.2 Å². The van der Waals surface area contributed by atoms with Gasteiger partial charge in [-0.05, 0) is 39.3 Å². The predicted octanol–water partition coefficient (Wildman–Crippen LogP) is 3.58. The Labute approximate surface area is 144 Å². The van der Waals surface area contributed by atoms with Crippen molar-refractivity contribution in [3.63, 3.8) is 0 Å². The van der Waals surface area contributed by atoms with Crippen LogP contribution < -0.4 is 5.32 Å². The van der Waals surface area contributed by atoms with E-state index in [0.717, 1.165) is 12.1 Å². The Hall–Kier alpha value is -2.70. The van der Waals surface area contributed by atoms with E-state index >= 15 is 0 Å². The number of aromatic nitrogens is 1. The van der Waals surface area contributed by atoms with E-state index in [2.05, 4.69) is 10.3 Å². The number of hydrogen-bond acceptors (Lipinski definition) is 3. The summed E-state index contributed by atoms with van der Waals surface area (Å²) < 4.78 is 31.8. The predicted molar refractivity (Wildman–Crippen MR) is 88.5 cm³/mol. The number of nitrogens with one attached hydrogen (secondary N) is 2. The van der Waals surface area contributed by atoms with Crippen LogP contribution in [0, 0.1) is 25.5 Å². The van der Waals surface area contributed by atoms with Gasteiger partial charge in [-0.15, -0.1) is 0 Å². The van der Waals surface area contributed by atoms with Gasteiger partial charge in [0.25, 0.3) is 5.91 Å². The lowest BCUT2D eigenvalue weighted by Gasteiger charge is -2.15. The Morgan fingerprint density at radius 1 is 1.28 bits per heavy atom. The zero-order valence-electron chi connectivity index (χ0n) is 14.5. The van der Waals surface area contributed by atoms with Gasteiger partial charge >= 0.3 is 5.97 Å². The van der Waals surface area contributed by atoms with E-state index in [-0.39, 0.29) is 17.9 Å². The molecule has 0 aliphatic heterocycles. The zero-order chi connectivity index (χ0) is 18.7. The van der Waals surface area contributed by atoms with Gasteiger partial charge in [0.2, 0.25) is 0 Å². The molecule has 1 aromatic carbocycles. The van der Waals surface area contributed by atoms with Gasteiger partial charge in [-0.3, -0.25) is 4.79 Å². The number of aryl methyl sites for hydroxylation is 1. The molecule has 0 saturated carbocycles. The number of benzene rings is 1. The van der Waals surface area contributed by atoms with Crippen LogP contribution in [0.25, 0.3) is 0 Å². The standard InChI is InChI=1S/C18H20F2N2O3/c1-5-25-18(24)15-9(2)16(21-11(15)4)17(23)22-10(3)13-7-6-12(19)8-14(13)20/h6-8,10,21H,5H2,1-4H3,(H,22,23). The first kappa shape index (κ1) is 18.6. The lowest BCUT2D eigenvalue weighted by atomic mass is 10.1. The Kier molecular flexibility index (Phi) is 5.56. The quantitative estimate of drug-likeness (QED) is 0.810. The maximum Gasteiger partial charge on any atom is 0.340 e. The highest BCUT2D eigenvalue weighted by atomic mass is 19.1. The lowest BCUT2D eigenvalue weighted by Crippen LogP contribution is -2.28. The van der Waals surface area contributed by atoms with E-state index in [1.807, 2.05) is 0 Å². The topological polar surface area (TPSA) is 71.2 Å². The van der Waals surface area contributed by atoms with Crippen molar-refractivity contribution in [2.75, 3.05) is 6.61 Å². The third-order valence-electron chi connectivity index (χ3n) is 3.92. The second-order valence-electron chi connectivity index (χ2n) is 5.71. The molecule has 2 N–H and O–H groups in total. The Morgan fingerprint density at radius 2 is 1.96 bits per heavy atom. The van der Waals surface area contributed by atoms with Gasteiger partial charge in [0.15, 0.2) is 0 Å². The van der Waals surface area contributed by atoms with E-state index in [1.165, 1.54) is 6.07 Å². The molecule has 1 unspecified atom stereocenters. The normalized spacial score (nSPS) is 11.9. The van der Waals surface area contributed by atoms with E-state index in [0.29, 0.717) is 16.8 Å². The van der Waals surface area contributed by atoms with E-state index in [1.54, 1.807) is 27.7 Å². The van der Waals surface area contributed by atoms with Crippen LogP contribution in [0.2, 0.25) is 0 Å². The molecule has 0 aliphatic rings. The van der Waals surface area contributed by atoms with Crippen LogP contribution in [0.4, 0.5) is 8.78 Å². The minimum Gasteiger partial charge on any atom is -0.462 e. The van der Waals surface area contributed by atoms with E-state index in [9.17, 15) is 18.4 Å². The van der Waals surface area contributed by atoms with Crippen LogP contribution in [0.3, 0.4) is 0 Å². The molecule has 2 rings (SSSR count). The molecular formula is C18H20F2N2O3. The van der Waals surface area contributed by atoms with Gasteiger partial charge in [0, 0.05) is 17.3 Å². The summed E-state index contributed by atoms with van der Waals surface area (Å²) in [4.78, 5) is 27.3. The first-order valence-corrected chi connectivity index (χ1v) is 7.88. The lowest BCUT2D eigenvalue weighted by molar-refractivity contribution is 0.0525. The summed E-state index contributed by atoms with van der Waals surface area (Å²) in [7, 11) is 0. The molecule has 0 bridgehead atoms. The first-order valence-electron chi connectivity index (χ1n) is 7.88. The van der Waals surface area contributed by atoms with Crippen molar-refractivity contribution in [2.45, 2.75) is 33.7 Å². The number of carbonyl (C=O) groups is 2. The van der Waals surface area contributed by atoms with Gasteiger partial charge in [0.1, 0.15) is 17.3 Å². The maximum absolute atomic E-state index is 13.8. The van der Waals surface area contributed by atoms with Crippen molar-refractivity contribution < 1.29 is 23.1 Å². The summed E-state index contributed by atoms with van der Waals surface area (Å²) in [5.41, 5.74) is 1.66. The summed E-state index contributed by atoms with van der Waals surface area (Å²) in [5.74, 6) is -2.42. The fourth-order valence-corrected chi connectivity index (χ4v) is 2.69. The molecule has 25 heavy (non-hydrogen) atoms. The van der Waals surface area contributed by atoms with E-state index in [4.69, 9.17) is 4.74 Å². The highest BCUT2D eigenvalue weighted by Gasteiger charge is 2.24. The highest BCUT2D eigenvalue weighted by Crippen LogP contribution is 2.21. The van der Waals surface area contributed by atoms with Crippen LogP contribution >= 0.6 is 0 Å². The number of esters is 1. The first-order chi connectivity index (χ1) is 11.8. The number of rotatable bonds is 5. The Bertz CT molecular complexity index is 815. The number of aromatic amines is 1. The summed E-state index contributed by atoms with van der Waals surface area (Å²) in [6.07, 6.45) is 0. The van der Waals surface area contributed by atoms with Crippen molar-refractivity contribution in [1.82, 2.24) is 10.3 Å². The number of carbonyl (C=O) groups excluding carboxylic acids is 2. The summed E-state index contributed by atoms with van der Waals surface area (Å²) in [5, 5.41) is 2.64. The second-order valence-corrected chi connectivity index (χ2v) is 5.71. The third kappa shape index (κ3) is 3.87. The number of halogens is 2. The fourth-order valence-electron chi connectivity index (χ4n) is 2.69. The molecule has 7 heteroatoms. The second kappa shape index (κ2) is 7.46. The molecule has 1 amide bonds. The molecule has 0 aliphatic carbocycles. The maximum atomic E-state index is 13.8. The molecule has 5 nitrogen and oxygen atoms in total. The Balaban J connectivity index is 2.24. The van der Waals surface area contributed by atoms with Crippen molar-refractivity contribution in [1.29, 1.82) is 0 Å². The van der Waals surface area contributed by atoms with Gasteiger partial charge in [-0.25, -0.2) is 13.6 Å². The molecular weight excluding hydrogens is 330 g/mol. The molecule has 0 saturated heterocycles. The Morgan fingerprint density at radius 3 is 2.56 bits per heavy atom. The minimum atomic E-state index is -0.737. The number of hydrogen-bond donors (Lipinski definition) is 2. The SMILES string of the molecule is CCOC(=O)c1c(C)[nH]c(C(=O)NC(C)c2ccc(F)cc2F)c1C. The monoisotopic (exact) mass is 350 g/mol. The summed E-state index contributed by atoms with van der Waals surface area (Å²) in [6, 6.07) is 2.50. The summed E-state index contributed by atoms with van der Waals surface area (Å²) in [6.45, 7) is 6.81. The van der Waals surface area contributed by atoms with Crippen molar-refractivity contribution in [3.05, 3.63) is 57.9 Å². The molecule has 2 aromatic rings. The van der Waals surface area contributed by atoms with Crippen molar-refractivity contribution in [2.24, 2.45) is 0 Å². The number of amides is 1. The van der Waals surface area contributed by atoms with Crippen LogP contribution in [-0.2, 0) is 4.74 Å². The summed E-state index contributed by atoms with van der Waals surface area (Å²) >= 11 is 0. The molecule has 134 valence electrons. The van der Waals surface area contributed by atoms with Gasteiger partial charge in [-0.2, -0.15) is 0 Å². The molecule has 1 atom stereocenters. The van der Waals surface area contributed by atoms with Crippen LogP contribution in [0.1, 0.15) is 57.6 Å². The highest BCUT2D eigenvalue weighted by molar-refractivity contribution is 6.00. The van der Waals surface area contributed by atoms with Gasteiger partial charge in [-0.1, -0.05) is 6.07 Å². The number of ether oxygens (including phenoxy) is 1. The third-order valence-corrected chi connectivity index (χ3v) is 3.92. The fraction of sp³-hybridized carbons (Fsp3) is 0.333. The minimum absolute atomic E-state index is 0.168.